The Morgan fingerprint density at radius 3 is 3.18 bits per heavy atom. The summed E-state index contributed by atoms with van der Waals surface area (Å²) in [5.41, 5.74) is 0. The summed E-state index contributed by atoms with van der Waals surface area (Å²) in [6, 6.07) is 1.69. The monoisotopic (exact) mass is 260 g/mol. The highest BCUT2D eigenvalue weighted by molar-refractivity contribution is 14.1. The third-order valence-electron chi connectivity index (χ3n) is 0.914. The maximum absolute atomic E-state index is 5.12. The number of halogens is 1. The van der Waals surface area contributed by atoms with E-state index < -0.39 is 0 Å². The maximum Gasteiger partial charge on any atom is 0.217 e. The number of hydrogen-bond acceptors (Lipinski definition) is 3. The Balaban J connectivity index is 2.43. The molecule has 0 radical (unpaired) electrons. The molecule has 1 aromatic heterocycles. The van der Waals surface area contributed by atoms with Gasteiger partial charge >= 0.3 is 0 Å². The summed E-state index contributed by atoms with van der Waals surface area (Å²) < 4.78 is 7.81. The van der Waals surface area contributed by atoms with Crippen LogP contribution < -0.4 is 4.74 Å². The number of rotatable bonds is 2. The molecule has 0 aliphatic carbocycles. The minimum atomic E-state index is 0.375. The second-order valence-electron chi connectivity index (χ2n) is 1.61. The van der Waals surface area contributed by atoms with Gasteiger partial charge in [0.2, 0.25) is 5.88 Å². The zero-order chi connectivity index (χ0) is 7.94. The van der Waals surface area contributed by atoms with E-state index >= 15 is 0 Å². The first-order valence-corrected chi connectivity index (χ1v) is 3.98. The fourth-order valence-corrected chi connectivity index (χ4v) is 0.657. The van der Waals surface area contributed by atoms with E-state index in [1.807, 2.05) is 22.6 Å². The van der Waals surface area contributed by atoms with Gasteiger partial charge in [0.05, 0.1) is 0 Å². The highest BCUT2D eigenvalue weighted by Gasteiger charge is 1.88. The van der Waals surface area contributed by atoms with Crippen molar-refractivity contribution in [1.82, 2.24) is 9.97 Å². The van der Waals surface area contributed by atoms with Crippen molar-refractivity contribution in [3.05, 3.63) is 18.6 Å². The molecule has 1 rings (SSSR count). The first-order chi connectivity index (χ1) is 5.43. The lowest BCUT2D eigenvalue weighted by molar-refractivity contribution is 0.354. The molecule has 0 aliphatic rings. The van der Waals surface area contributed by atoms with Gasteiger partial charge in [-0.3, -0.25) is 0 Å². The van der Waals surface area contributed by atoms with Crippen LogP contribution in [-0.2, 0) is 0 Å². The largest absolute Gasteiger partial charge is 0.464 e. The summed E-state index contributed by atoms with van der Waals surface area (Å²) in [7, 11) is 0. The van der Waals surface area contributed by atoms with Crippen LogP contribution in [0.15, 0.2) is 18.6 Å². The lowest BCUT2D eigenvalue weighted by atomic mass is 10.6. The molecule has 0 spiro atoms. The number of ether oxygens (including phenoxy) is 1. The van der Waals surface area contributed by atoms with Crippen LogP contribution in [0.2, 0.25) is 0 Å². The molecular weight excluding hydrogens is 255 g/mol. The van der Waals surface area contributed by atoms with E-state index in [1.54, 1.807) is 12.3 Å². The minimum Gasteiger partial charge on any atom is -0.464 e. The standard InChI is InChI=1S/C7H5IN2O/c8-3-1-5-11-7-2-4-9-6-10-7/h2,4,6H,5H2. The molecule has 11 heavy (non-hydrogen) atoms. The van der Waals surface area contributed by atoms with Crippen LogP contribution in [0.3, 0.4) is 0 Å². The fraction of sp³-hybridized carbons (Fsp3) is 0.143. The molecule has 56 valence electrons. The van der Waals surface area contributed by atoms with Crippen molar-refractivity contribution in [3.63, 3.8) is 0 Å². The van der Waals surface area contributed by atoms with E-state index in [9.17, 15) is 0 Å². The Labute approximate surface area is 78.3 Å². The van der Waals surface area contributed by atoms with Gasteiger partial charge in [-0.15, -0.1) is 0 Å². The van der Waals surface area contributed by atoms with Crippen molar-refractivity contribution in [3.8, 4) is 15.7 Å². The summed E-state index contributed by atoms with van der Waals surface area (Å²) in [6.07, 6.45) is 3.06. The van der Waals surface area contributed by atoms with Gasteiger partial charge in [0.1, 0.15) is 6.33 Å². The number of hydrogen-bond donors (Lipinski definition) is 0. The van der Waals surface area contributed by atoms with Crippen LogP contribution in [0.4, 0.5) is 0 Å². The minimum absolute atomic E-state index is 0.375. The van der Waals surface area contributed by atoms with Gasteiger partial charge in [-0.25, -0.2) is 9.97 Å². The van der Waals surface area contributed by atoms with E-state index in [1.165, 1.54) is 6.33 Å². The van der Waals surface area contributed by atoms with Gasteiger partial charge in [-0.2, -0.15) is 0 Å². The SMILES string of the molecule is IC#CCOc1ccncn1. The summed E-state index contributed by atoms with van der Waals surface area (Å²) in [4.78, 5) is 7.59. The average Bonchev–Trinajstić information content (AvgIpc) is 2.07. The van der Waals surface area contributed by atoms with E-state index in [2.05, 4.69) is 19.8 Å². The molecule has 0 bridgehead atoms. The molecule has 1 heterocycles. The maximum atomic E-state index is 5.12. The van der Waals surface area contributed by atoms with Gasteiger partial charge in [-0.05, 0) is 3.93 Å². The molecule has 0 fully saturated rings. The first-order valence-electron chi connectivity index (χ1n) is 2.91. The van der Waals surface area contributed by atoms with E-state index in [-0.39, 0.29) is 0 Å². The van der Waals surface area contributed by atoms with Crippen molar-refractivity contribution >= 4 is 22.6 Å². The highest BCUT2D eigenvalue weighted by atomic mass is 127. The topological polar surface area (TPSA) is 35.0 Å². The zero-order valence-electron chi connectivity index (χ0n) is 5.62. The Morgan fingerprint density at radius 1 is 1.64 bits per heavy atom. The molecule has 0 N–H and O–H groups in total. The molecule has 4 heteroatoms. The summed E-state index contributed by atoms with van der Waals surface area (Å²) in [6.45, 7) is 0.375. The molecule has 0 saturated heterocycles. The van der Waals surface area contributed by atoms with Crippen LogP contribution in [-0.4, -0.2) is 16.6 Å². The second kappa shape index (κ2) is 4.91. The second-order valence-corrected chi connectivity index (χ2v) is 2.15. The number of aromatic nitrogens is 2. The highest BCUT2D eigenvalue weighted by Crippen LogP contribution is 1.99. The van der Waals surface area contributed by atoms with Crippen molar-refractivity contribution < 1.29 is 4.74 Å². The van der Waals surface area contributed by atoms with Crippen LogP contribution >= 0.6 is 22.6 Å². The van der Waals surface area contributed by atoms with Crippen molar-refractivity contribution in [2.75, 3.05) is 6.61 Å². The first kappa shape index (κ1) is 8.27. The molecule has 0 unspecified atom stereocenters. The van der Waals surface area contributed by atoms with E-state index in [0.29, 0.717) is 12.5 Å². The lowest BCUT2D eigenvalue weighted by Crippen LogP contribution is -1.95. The van der Waals surface area contributed by atoms with Crippen molar-refractivity contribution in [2.24, 2.45) is 0 Å². The predicted octanol–water partition coefficient (Wildman–Crippen LogP) is 1.25. The molecule has 0 aromatic carbocycles. The van der Waals surface area contributed by atoms with Gasteiger partial charge < -0.3 is 4.74 Å². The molecule has 0 atom stereocenters. The quantitative estimate of drug-likeness (QED) is 0.593. The lowest BCUT2D eigenvalue weighted by Gasteiger charge is -1.96. The van der Waals surface area contributed by atoms with E-state index in [0.717, 1.165) is 0 Å². The van der Waals surface area contributed by atoms with Crippen molar-refractivity contribution in [1.29, 1.82) is 0 Å². The molecule has 3 nitrogen and oxygen atoms in total. The Hall–Kier alpha value is -0.830. The Morgan fingerprint density at radius 2 is 2.55 bits per heavy atom. The molecule has 1 aromatic rings. The Kier molecular flexibility index (Phi) is 3.69. The third kappa shape index (κ3) is 3.18. The molecule has 0 amide bonds. The molecular formula is C7H5IN2O. The third-order valence-corrected chi connectivity index (χ3v) is 1.30. The zero-order valence-corrected chi connectivity index (χ0v) is 7.78. The van der Waals surface area contributed by atoms with Gasteiger partial charge in [0, 0.05) is 34.9 Å². The van der Waals surface area contributed by atoms with Crippen LogP contribution in [0, 0.1) is 9.85 Å². The van der Waals surface area contributed by atoms with Crippen LogP contribution in [0.25, 0.3) is 0 Å². The molecule has 0 saturated carbocycles. The normalized spacial score (nSPS) is 8.09. The predicted molar refractivity (Wildman–Crippen MR) is 49.3 cm³/mol. The summed E-state index contributed by atoms with van der Waals surface area (Å²) >= 11 is 1.96. The smallest absolute Gasteiger partial charge is 0.217 e. The molecule has 0 aliphatic heterocycles. The fourth-order valence-electron chi connectivity index (χ4n) is 0.501. The summed E-state index contributed by atoms with van der Waals surface area (Å²) in [5, 5.41) is 0. The number of nitrogens with zero attached hydrogens (tertiary/aromatic N) is 2. The van der Waals surface area contributed by atoms with Crippen LogP contribution in [0.1, 0.15) is 0 Å². The Bertz CT molecular complexity index is 265. The van der Waals surface area contributed by atoms with Gasteiger partial charge in [0.25, 0.3) is 0 Å². The van der Waals surface area contributed by atoms with Crippen molar-refractivity contribution in [2.45, 2.75) is 0 Å². The van der Waals surface area contributed by atoms with Gasteiger partial charge in [-0.1, -0.05) is 5.92 Å². The average molecular weight is 260 g/mol. The van der Waals surface area contributed by atoms with Crippen LogP contribution in [0.5, 0.6) is 5.88 Å². The summed E-state index contributed by atoms with van der Waals surface area (Å²) in [5.74, 6) is 3.31. The van der Waals surface area contributed by atoms with Gasteiger partial charge in [0.15, 0.2) is 6.61 Å². The van der Waals surface area contributed by atoms with E-state index in [4.69, 9.17) is 4.74 Å².